The minimum absolute atomic E-state index is 0.297. The molecule has 0 saturated carbocycles. The summed E-state index contributed by atoms with van der Waals surface area (Å²) in [6.45, 7) is 4.04. The molecule has 1 unspecified atom stereocenters. The number of hydrogen-bond acceptors (Lipinski definition) is 3. The van der Waals surface area contributed by atoms with Crippen molar-refractivity contribution >= 4 is 17.6 Å². The lowest BCUT2D eigenvalue weighted by atomic mass is 9.96. The van der Waals surface area contributed by atoms with Gasteiger partial charge in [0, 0.05) is 12.1 Å². The molecule has 4 nitrogen and oxygen atoms in total. The molecule has 23 heavy (non-hydrogen) atoms. The average molecular weight is 309 g/mol. The van der Waals surface area contributed by atoms with Gasteiger partial charge >= 0.3 is 5.97 Å². The number of rotatable bonds is 3. The summed E-state index contributed by atoms with van der Waals surface area (Å²) in [6.07, 6.45) is 0.564. The van der Waals surface area contributed by atoms with E-state index in [0.717, 1.165) is 17.5 Å². The number of carbonyl (C=O) groups excluding carboxylic acids is 2. The fourth-order valence-electron chi connectivity index (χ4n) is 2.72. The lowest BCUT2D eigenvalue weighted by molar-refractivity contribution is -0.125. The van der Waals surface area contributed by atoms with Gasteiger partial charge in [-0.2, -0.15) is 0 Å². The Kier molecular flexibility index (Phi) is 4.15. The first kappa shape index (κ1) is 15.3. The van der Waals surface area contributed by atoms with E-state index in [1.165, 1.54) is 5.56 Å². The Morgan fingerprint density at radius 2 is 1.96 bits per heavy atom. The second-order valence-electron chi connectivity index (χ2n) is 5.80. The number of esters is 1. The van der Waals surface area contributed by atoms with E-state index in [9.17, 15) is 9.59 Å². The van der Waals surface area contributed by atoms with E-state index in [1.54, 1.807) is 6.07 Å². The number of benzene rings is 2. The van der Waals surface area contributed by atoms with E-state index in [-0.39, 0.29) is 5.91 Å². The van der Waals surface area contributed by atoms with Gasteiger partial charge in [0.25, 0.3) is 5.91 Å². The molecule has 4 heteroatoms. The number of amides is 1. The van der Waals surface area contributed by atoms with Crippen molar-refractivity contribution in [2.24, 2.45) is 0 Å². The van der Waals surface area contributed by atoms with E-state index >= 15 is 0 Å². The van der Waals surface area contributed by atoms with Crippen LogP contribution in [-0.4, -0.2) is 18.0 Å². The maximum Gasteiger partial charge on any atom is 0.339 e. The van der Waals surface area contributed by atoms with Crippen molar-refractivity contribution in [2.75, 3.05) is 5.32 Å². The number of anilines is 1. The number of nitrogens with one attached hydrogen (secondary N) is 1. The molecule has 1 heterocycles. The van der Waals surface area contributed by atoms with Crippen molar-refractivity contribution < 1.29 is 14.3 Å². The molecule has 1 N–H and O–H groups in total. The zero-order valence-corrected chi connectivity index (χ0v) is 13.3. The summed E-state index contributed by atoms with van der Waals surface area (Å²) >= 11 is 0. The highest BCUT2D eigenvalue weighted by atomic mass is 16.5. The topological polar surface area (TPSA) is 55.4 Å². The van der Waals surface area contributed by atoms with E-state index in [1.807, 2.05) is 43.3 Å². The van der Waals surface area contributed by atoms with E-state index in [0.29, 0.717) is 17.7 Å². The minimum atomic E-state index is -0.789. The molecule has 2 aromatic rings. The number of fused-ring (bicyclic) bond motifs is 1. The van der Waals surface area contributed by atoms with Crippen molar-refractivity contribution in [3.05, 3.63) is 64.7 Å². The molecule has 0 radical (unpaired) electrons. The predicted octanol–water partition coefficient (Wildman–Crippen LogP) is 3.28. The smallest absolute Gasteiger partial charge is 0.339 e. The van der Waals surface area contributed by atoms with Crippen LogP contribution in [0.1, 0.15) is 34.0 Å². The van der Waals surface area contributed by atoms with Gasteiger partial charge in [-0.15, -0.1) is 0 Å². The third-order valence-corrected chi connectivity index (χ3v) is 4.06. The molecule has 1 amide bonds. The lowest BCUT2D eigenvalue weighted by Gasteiger charge is -2.24. The van der Waals surface area contributed by atoms with E-state index in [4.69, 9.17) is 4.74 Å². The van der Waals surface area contributed by atoms with Crippen molar-refractivity contribution in [3.8, 4) is 0 Å². The normalized spacial score (nSPS) is 16.4. The van der Waals surface area contributed by atoms with Gasteiger partial charge in [0.1, 0.15) is 0 Å². The highest BCUT2D eigenvalue weighted by Gasteiger charge is 2.31. The lowest BCUT2D eigenvalue weighted by Crippen LogP contribution is -2.38. The average Bonchev–Trinajstić information content (AvgIpc) is 2.55. The maximum atomic E-state index is 12.4. The molecule has 3 rings (SSSR count). The first-order valence-corrected chi connectivity index (χ1v) is 7.77. The Bertz CT molecular complexity index is 750. The molecule has 0 saturated heterocycles. The standard InChI is InChI=1S/C19H19NO3/c1-3-13-5-7-15(8-6-13)20-18(21)17-11-14-10-12(2)4-9-16(14)19(22)23-17/h4-10,17H,3,11H2,1-2H3,(H,20,21). The van der Waals surface area contributed by atoms with Crippen LogP contribution >= 0.6 is 0 Å². The molecule has 1 aliphatic heterocycles. The Labute approximate surface area is 135 Å². The van der Waals surface area contributed by atoms with Crippen LogP contribution in [0.15, 0.2) is 42.5 Å². The van der Waals surface area contributed by atoms with Crippen molar-refractivity contribution in [3.63, 3.8) is 0 Å². The van der Waals surface area contributed by atoms with Gasteiger partial charge in [0.15, 0.2) is 6.10 Å². The number of aryl methyl sites for hydroxylation is 2. The quantitative estimate of drug-likeness (QED) is 0.885. The molecule has 0 aliphatic carbocycles. The minimum Gasteiger partial charge on any atom is -0.448 e. The third kappa shape index (κ3) is 3.26. The first-order valence-electron chi connectivity index (χ1n) is 7.77. The van der Waals surface area contributed by atoms with Crippen LogP contribution < -0.4 is 5.32 Å². The van der Waals surface area contributed by atoms with Crippen molar-refractivity contribution in [1.82, 2.24) is 0 Å². The van der Waals surface area contributed by atoms with Gasteiger partial charge in [0.2, 0.25) is 0 Å². The fraction of sp³-hybridized carbons (Fsp3) is 0.263. The Hall–Kier alpha value is -2.62. The Morgan fingerprint density at radius 3 is 2.65 bits per heavy atom. The van der Waals surface area contributed by atoms with Crippen molar-refractivity contribution in [2.45, 2.75) is 32.8 Å². The summed E-state index contributed by atoms with van der Waals surface area (Å²) in [7, 11) is 0. The summed E-state index contributed by atoms with van der Waals surface area (Å²) in [5.41, 5.74) is 4.39. The molecule has 0 aromatic heterocycles. The van der Waals surface area contributed by atoms with Crippen LogP contribution in [0.25, 0.3) is 0 Å². The number of carbonyl (C=O) groups is 2. The van der Waals surface area contributed by atoms with Crippen LogP contribution in [-0.2, 0) is 22.4 Å². The molecule has 0 bridgehead atoms. The number of cyclic esters (lactones) is 1. The molecular weight excluding hydrogens is 290 g/mol. The zero-order chi connectivity index (χ0) is 16.4. The Morgan fingerprint density at radius 1 is 1.22 bits per heavy atom. The molecule has 0 fully saturated rings. The molecule has 1 atom stereocenters. The van der Waals surface area contributed by atoms with Gasteiger partial charge in [0.05, 0.1) is 5.56 Å². The molecular formula is C19H19NO3. The summed E-state index contributed by atoms with van der Waals surface area (Å²) in [6, 6.07) is 13.2. The SMILES string of the molecule is CCc1ccc(NC(=O)C2Cc3cc(C)ccc3C(=O)O2)cc1. The Balaban J connectivity index is 1.74. The molecule has 2 aromatic carbocycles. The maximum absolute atomic E-state index is 12.4. The van der Waals surface area contributed by atoms with Crippen molar-refractivity contribution in [1.29, 1.82) is 0 Å². The summed E-state index contributed by atoms with van der Waals surface area (Å²) in [5, 5.41) is 2.81. The van der Waals surface area contributed by atoms with Crippen LogP contribution in [0.4, 0.5) is 5.69 Å². The van der Waals surface area contributed by atoms with Gasteiger partial charge < -0.3 is 10.1 Å². The van der Waals surface area contributed by atoms with Gasteiger partial charge in [-0.25, -0.2) is 4.79 Å². The molecule has 118 valence electrons. The van der Waals surface area contributed by atoms with E-state index < -0.39 is 12.1 Å². The van der Waals surface area contributed by atoms with Crippen LogP contribution in [0.3, 0.4) is 0 Å². The first-order chi connectivity index (χ1) is 11.1. The number of ether oxygens (including phenoxy) is 1. The largest absolute Gasteiger partial charge is 0.448 e. The fourth-order valence-corrected chi connectivity index (χ4v) is 2.72. The second kappa shape index (κ2) is 6.24. The van der Waals surface area contributed by atoms with Gasteiger partial charge in [-0.05, 0) is 42.7 Å². The highest BCUT2D eigenvalue weighted by Crippen LogP contribution is 2.23. The monoisotopic (exact) mass is 309 g/mol. The van der Waals surface area contributed by atoms with Crippen LogP contribution in [0, 0.1) is 6.92 Å². The molecule has 0 spiro atoms. The van der Waals surface area contributed by atoms with E-state index in [2.05, 4.69) is 12.2 Å². The summed E-state index contributed by atoms with van der Waals surface area (Å²) in [5.74, 6) is -0.734. The zero-order valence-electron chi connectivity index (χ0n) is 13.3. The second-order valence-corrected chi connectivity index (χ2v) is 5.80. The third-order valence-electron chi connectivity index (χ3n) is 4.06. The van der Waals surface area contributed by atoms with Crippen LogP contribution in [0.5, 0.6) is 0 Å². The molecule has 1 aliphatic rings. The van der Waals surface area contributed by atoms with Gasteiger partial charge in [-0.3, -0.25) is 4.79 Å². The predicted molar refractivity (Wildman–Crippen MR) is 88.5 cm³/mol. The van der Waals surface area contributed by atoms with Gasteiger partial charge in [-0.1, -0.05) is 36.8 Å². The summed E-state index contributed by atoms with van der Waals surface area (Å²) < 4.78 is 5.28. The van der Waals surface area contributed by atoms with Crippen LogP contribution in [0.2, 0.25) is 0 Å². The summed E-state index contributed by atoms with van der Waals surface area (Å²) in [4.78, 5) is 24.4. The highest BCUT2D eigenvalue weighted by molar-refractivity contribution is 6.00. The number of hydrogen-bond donors (Lipinski definition) is 1.